The lowest BCUT2D eigenvalue weighted by atomic mass is 14.0. The Kier molecular flexibility index (Phi) is 15.8. The second-order valence-corrected chi connectivity index (χ2v) is 4.89. The van der Waals surface area contributed by atoms with Crippen molar-refractivity contribution in [2.45, 2.75) is 0 Å². The van der Waals surface area contributed by atoms with Crippen LogP contribution in [-0.4, -0.2) is 13.0 Å². The Balaban J connectivity index is -0.000000405. The van der Waals surface area contributed by atoms with Gasteiger partial charge in [0.15, 0.2) is 10.0 Å². The molecule has 0 fully saturated rings. The zero-order valence-corrected chi connectivity index (χ0v) is 9.74. The first-order valence-electron chi connectivity index (χ1n) is 1.53. The molecule has 0 aromatic heterocycles. The summed E-state index contributed by atoms with van der Waals surface area (Å²) < 4.78 is 36.4. The van der Waals surface area contributed by atoms with Crippen LogP contribution in [0, 0.1) is 0 Å². The van der Waals surface area contributed by atoms with Crippen LogP contribution in [0.5, 0.6) is 0 Å². The van der Waals surface area contributed by atoms with Gasteiger partial charge in [-0.3, -0.25) is 0 Å². The fourth-order valence-corrected chi connectivity index (χ4v) is 2.02. The molecule has 78 valence electrons. The van der Waals surface area contributed by atoms with Gasteiger partial charge in [-0.05, 0) is 11.7 Å². The molecule has 12 heavy (non-hydrogen) atoms. The van der Waals surface area contributed by atoms with Gasteiger partial charge in [0.2, 0.25) is 10.1 Å². The second-order valence-electron chi connectivity index (χ2n) is 0.774. The summed E-state index contributed by atoms with van der Waals surface area (Å²) in [4.78, 5) is 0. The van der Waals surface area contributed by atoms with Crippen LogP contribution in [-0.2, 0) is 49.9 Å². The van der Waals surface area contributed by atoms with Crippen molar-refractivity contribution in [3.63, 3.8) is 0 Å². The van der Waals surface area contributed by atoms with E-state index in [1.807, 2.05) is 0 Å². The Labute approximate surface area is 86.7 Å². The lowest BCUT2D eigenvalue weighted by Gasteiger charge is -1.94. The Morgan fingerprint density at radius 3 is 1.92 bits per heavy atom. The molecule has 0 saturated carbocycles. The van der Waals surface area contributed by atoms with Crippen LogP contribution in [0.4, 0.5) is 0 Å². The van der Waals surface area contributed by atoms with Crippen molar-refractivity contribution in [3.8, 4) is 0 Å². The smallest absolute Gasteiger partial charge is 0.333 e. The highest BCUT2D eigenvalue weighted by atomic mass is 33.1. The minimum Gasteiger partial charge on any atom is -0.344 e. The maximum Gasteiger partial charge on any atom is 0.333 e. The average Bonchev–Trinajstić information content (AvgIpc) is 1.58. The third kappa shape index (κ3) is 13.6. The SMILES string of the molecule is N.N.O=S(S)OS(=O)OS(O)=S. The lowest BCUT2D eigenvalue weighted by Crippen LogP contribution is -2.02. The van der Waals surface area contributed by atoms with Gasteiger partial charge < -0.3 is 16.9 Å². The summed E-state index contributed by atoms with van der Waals surface area (Å²) >= 11 is 5.00. The third-order valence-electron chi connectivity index (χ3n) is 0.228. The number of hydrogen-bond donors (Lipinski definition) is 4. The van der Waals surface area contributed by atoms with E-state index in [0.29, 0.717) is 0 Å². The summed E-state index contributed by atoms with van der Waals surface area (Å²) in [6.07, 6.45) is 0. The van der Waals surface area contributed by atoms with Crippen molar-refractivity contribution in [1.29, 1.82) is 0 Å². The van der Waals surface area contributed by atoms with Crippen LogP contribution >= 0.6 is 11.7 Å². The first-order chi connectivity index (χ1) is 4.52. The molecule has 0 radical (unpaired) electrons. The molecule has 0 spiro atoms. The Bertz CT molecular complexity index is 161. The van der Waals surface area contributed by atoms with Crippen LogP contribution in [0.2, 0.25) is 0 Å². The Hall–Kier alpha value is 1.02. The standard InChI is InChI=1S/2H3N.H2O5S5/c;;1-8(4-9(2)6)5-10(3)7/h2*1H3;(H,2,6)(H,3,7). The van der Waals surface area contributed by atoms with Gasteiger partial charge in [0.05, 0.1) is 0 Å². The molecule has 0 aliphatic rings. The number of hydrogen-bond acceptors (Lipinski definition) is 7. The topological polar surface area (TPSA) is 143 Å². The molecule has 3 unspecified atom stereocenters. The van der Waals surface area contributed by atoms with Crippen molar-refractivity contribution in [2.24, 2.45) is 0 Å². The fourth-order valence-electron chi connectivity index (χ4n) is 0.106. The highest BCUT2D eigenvalue weighted by Crippen LogP contribution is 1.98. The maximum atomic E-state index is 10.3. The Morgan fingerprint density at radius 2 is 1.67 bits per heavy atom. The van der Waals surface area contributed by atoms with Crippen LogP contribution in [0.15, 0.2) is 0 Å². The normalized spacial score (nSPS) is 16.5. The van der Waals surface area contributed by atoms with Crippen molar-refractivity contribution < 1.29 is 20.2 Å². The van der Waals surface area contributed by atoms with Crippen molar-refractivity contribution in [2.75, 3.05) is 0 Å². The summed E-state index contributed by atoms with van der Waals surface area (Å²) in [6.45, 7) is 0. The van der Waals surface area contributed by atoms with Crippen LogP contribution in [0.3, 0.4) is 0 Å². The molecule has 7 N–H and O–H groups in total. The van der Waals surface area contributed by atoms with Gasteiger partial charge in [0.1, 0.15) is 0 Å². The van der Waals surface area contributed by atoms with Crippen molar-refractivity contribution >= 4 is 54.3 Å². The molecule has 3 atom stereocenters. The molecule has 0 saturated heterocycles. The summed E-state index contributed by atoms with van der Waals surface area (Å²) in [5.41, 5.74) is 0. The van der Waals surface area contributed by atoms with Gasteiger partial charge in [-0.25, -0.2) is 4.21 Å². The van der Waals surface area contributed by atoms with Gasteiger partial charge in [0.25, 0.3) is 0 Å². The molecule has 0 rings (SSSR count). The van der Waals surface area contributed by atoms with E-state index in [4.69, 9.17) is 4.55 Å². The zero-order chi connectivity index (χ0) is 8.15. The lowest BCUT2D eigenvalue weighted by molar-refractivity contribution is 0.478. The summed E-state index contributed by atoms with van der Waals surface area (Å²) in [6, 6.07) is 0. The van der Waals surface area contributed by atoms with Gasteiger partial charge in [0, 0.05) is 11.2 Å². The van der Waals surface area contributed by atoms with Crippen LogP contribution < -0.4 is 12.3 Å². The molecule has 0 aromatic carbocycles. The molecular formula is H8N2O5S5. The van der Waals surface area contributed by atoms with Gasteiger partial charge in [-0.1, -0.05) is 0 Å². The van der Waals surface area contributed by atoms with Gasteiger partial charge >= 0.3 is 11.4 Å². The molecule has 7 nitrogen and oxygen atoms in total. The number of thiol groups is 1. The van der Waals surface area contributed by atoms with E-state index in [2.05, 4.69) is 30.1 Å². The summed E-state index contributed by atoms with van der Waals surface area (Å²) in [5.74, 6) is 0. The summed E-state index contributed by atoms with van der Waals surface area (Å²) in [5, 5.41) is 0. The molecule has 0 aromatic rings. The largest absolute Gasteiger partial charge is 0.344 e. The highest BCUT2D eigenvalue weighted by molar-refractivity contribution is 8.59. The second kappa shape index (κ2) is 10.1. The summed E-state index contributed by atoms with van der Waals surface area (Å²) in [7, 11) is -3.87. The molecule has 0 amide bonds. The minimum atomic E-state index is -2.30. The Morgan fingerprint density at radius 1 is 1.25 bits per heavy atom. The molecule has 12 heteroatoms. The van der Waals surface area contributed by atoms with Crippen LogP contribution in [0.1, 0.15) is 0 Å². The first kappa shape index (κ1) is 18.7. The van der Waals surface area contributed by atoms with Crippen molar-refractivity contribution in [1.82, 2.24) is 12.3 Å². The zero-order valence-electron chi connectivity index (χ0n) is 5.57. The van der Waals surface area contributed by atoms with Gasteiger partial charge in [-0.15, -0.1) is 0 Å². The van der Waals surface area contributed by atoms with Crippen molar-refractivity contribution in [3.05, 3.63) is 0 Å². The van der Waals surface area contributed by atoms with Crippen LogP contribution in [0.25, 0.3) is 0 Å². The third-order valence-corrected chi connectivity index (χ3v) is 3.10. The molecule has 0 heterocycles. The van der Waals surface area contributed by atoms with Gasteiger partial charge in [-0.2, -0.15) is 11.5 Å². The molecule has 0 aliphatic carbocycles. The van der Waals surface area contributed by atoms with E-state index in [9.17, 15) is 8.42 Å². The predicted octanol–water partition coefficient (Wildman–Crippen LogP) is -0.101. The highest BCUT2D eigenvalue weighted by Gasteiger charge is 2.05. The minimum absolute atomic E-state index is 0. The molecular weight excluding hydrogens is 268 g/mol. The van der Waals surface area contributed by atoms with E-state index in [1.165, 1.54) is 0 Å². The van der Waals surface area contributed by atoms with E-state index >= 15 is 0 Å². The maximum absolute atomic E-state index is 10.3. The van der Waals surface area contributed by atoms with E-state index in [1.54, 1.807) is 0 Å². The predicted molar refractivity (Wildman–Crippen MR) is 54.8 cm³/mol. The quantitative estimate of drug-likeness (QED) is 0.411. The first-order valence-corrected chi connectivity index (χ1v) is 6.69. The van der Waals surface area contributed by atoms with E-state index < -0.39 is 31.5 Å². The number of rotatable bonds is 4. The molecule has 0 bridgehead atoms. The fraction of sp³-hybridized carbons (Fsp3) is 0. The molecule has 0 aliphatic heterocycles. The monoisotopic (exact) mass is 276 g/mol. The average molecular weight is 276 g/mol. The van der Waals surface area contributed by atoms with E-state index in [0.717, 1.165) is 0 Å². The van der Waals surface area contributed by atoms with E-state index in [-0.39, 0.29) is 12.3 Å².